The van der Waals surface area contributed by atoms with Gasteiger partial charge in [0, 0.05) is 0 Å². The molecule has 0 amide bonds. The number of rotatable bonds is 5. The predicted octanol–water partition coefficient (Wildman–Crippen LogP) is 5.36. The van der Waals surface area contributed by atoms with Gasteiger partial charge in [-0.25, -0.2) is 0 Å². The highest BCUT2D eigenvalue weighted by Crippen LogP contribution is 2.40. The fourth-order valence-electron chi connectivity index (χ4n) is 3.12. The number of carbonyl (C=O) groups excluding carboxylic acids is 1. The van der Waals surface area contributed by atoms with E-state index in [2.05, 4.69) is 20.8 Å². The third-order valence-corrected chi connectivity index (χ3v) is 4.51. The Balaban J connectivity index is 2.04. The van der Waals surface area contributed by atoms with Gasteiger partial charge in [0.25, 0.3) is 0 Å². The minimum absolute atomic E-state index is 0.0162. The minimum atomic E-state index is 0.0162. The number of allylic oxidation sites excluding steroid dienone is 5. The van der Waals surface area contributed by atoms with Crippen LogP contribution in [-0.4, -0.2) is 12.9 Å². The number of methoxy groups -OCH3 is 1. The maximum Gasteiger partial charge on any atom is 0.178 e. The van der Waals surface area contributed by atoms with Crippen molar-refractivity contribution in [3.05, 3.63) is 59.2 Å². The second kappa shape index (κ2) is 7.45. The lowest BCUT2D eigenvalue weighted by molar-refractivity contribution is -0.110. The lowest BCUT2D eigenvalue weighted by Crippen LogP contribution is -2.19. The van der Waals surface area contributed by atoms with Gasteiger partial charge < -0.3 is 4.74 Å². The van der Waals surface area contributed by atoms with Gasteiger partial charge in [-0.3, -0.25) is 4.79 Å². The number of benzene rings is 1. The van der Waals surface area contributed by atoms with Gasteiger partial charge in [-0.2, -0.15) is 0 Å². The monoisotopic (exact) mass is 310 g/mol. The topological polar surface area (TPSA) is 26.3 Å². The molecule has 1 aliphatic rings. The molecule has 1 aromatic carbocycles. The quantitative estimate of drug-likeness (QED) is 0.684. The van der Waals surface area contributed by atoms with Gasteiger partial charge in [0.1, 0.15) is 5.75 Å². The van der Waals surface area contributed by atoms with E-state index in [1.165, 1.54) is 24.0 Å². The van der Waals surface area contributed by atoms with Crippen LogP contribution in [0.25, 0.3) is 6.08 Å². The molecule has 0 aromatic heterocycles. The molecule has 0 N–H and O–H groups in total. The van der Waals surface area contributed by atoms with Crippen LogP contribution in [0.15, 0.2) is 53.6 Å². The first-order valence-corrected chi connectivity index (χ1v) is 8.17. The molecule has 2 rings (SSSR count). The molecule has 0 fully saturated rings. The first-order valence-electron chi connectivity index (χ1n) is 8.17. The number of carbonyl (C=O) groups is 1. The van der Waals surface area contributed by atoms with E-state index in [9.17, 15) is 4.79 Å². The summed E-state index contributed by atoms with van der Waals surface area (Å²) in [7, 11) is 1.64. The zero-order valence-corrected chi connectivity index (χ0v) is 14.6. The molecule has 0 radical (unpaired) electrons. The predicted molar refractivity (Wildman–Crippen MR) is 96.5 cm³/mol. The molecule has 0 unspecified atom stereocenters. The molecular weight excluding hydrogens is 284 g/mol. The Morgan fingerprint density at radius 2 is 1.78 bits per heavy atom. The Labute approximate surface area is 139 Å². The highest BCUT2D eigenvalue weighted by Gasteiger charge is 2.26. The van der Waals surface area contributed by atoms with E-state index in [4.69, 9.17) is 4.74 Å². The lowest BCUT2D eigenvalue weighted by Gasteiger charge is -2.32. The van der Waals surface area contributed by atoms with E-state index in [0.29, 0.717) is 0 Å². The van der Waals surface area contributed by atoms with E-state index in [1.54, 1.807) is 19.3 Å². The fourth-order valence-corrected chi connectivity index (χ4v) is 3.12. The van der Waals surface area contributed by atoms with Gasteiger partial charge in [-0.1, -0.05) is 43.7 Å². The van der Waals surface area contributed by atoms with E-state index in [0.717, 1.165) is 17.7 Å². The zero-order valence-electron chi connectivity index (χ0n) is 14.6. The van der Waals surface area contributed by atoms with Gasteiger partial charge in [0.05, 0.1) is 7.11 Å². The first-order chi connectivity index (χ1) is 10.9. The molecule has 2 nitrogen and oxygen atoms in total. The van der Waals surface area contributed by atoms with Crippen LogP contribution < -0.4 is 4.74 Å². The minimum Gasteiger partial charge on any atom is -0.497 e. The average molecular weight is 310 g/mol. The van der Waals surface area contributed by atoms with Crippen LogP contribution in [-0.2, 0) is 4.79 Å². The van der Waals surface area contributed by atoms with E-state index >= 15 is 0 Å². The summed E-state index contributed by atoms with van der Waals surface area (Å²) >= 11 is 0. The van der Waals surface area contributed by atoms with Crippen molar-refractivity contribution in [1.82, 2.24) is 0 Å². The zero-order chi connectivity index (χ0) is 16.9. The molecule has 122 valence electrons. The SMILES string of the molecule is COc1ccc(/C=C/C(=O)/C=C/C2=C(C)CCCC2(C)C)cc1. The largest absolute Gasteiger partial charge is 0.497 e. The Bertz CT molecular complexity index is 643. The Morgan fingerprint density at radius 3 is 2.39 bits per heavy atom. The van der Waals surface area contributed by atoms with Crippen LogP contribution >= 0.6 is 0 Å². The summed E-state index contributed by atoms with van der Waals surface area (Å²) < 4.78 is 5.12. The summed E-state index contributed by atoms with van der Waals surface area (Å²) in [4.78, 5) is 12.1. The summed E-state index contributed by atoms with van der Waals surface area (Å²) in [5.74, 6) is 0.831. The molecule has 0 spiro atoms. The average Bonchev–Trinajstić information content (AvgIpc) is 2.52. The smallest absolute Gasteiger partial charge is 0.178 e. The number of ether oxygens (including phenoxy) is 1. The summed E-state index contributed by atoms with van der Waals surface area (Å²) in [6.45, 7) is 6.69. The van der Waals surface area contributed by atoms with Crippen molar-refractivity contribution in [3.63, 3.8) is 0 Å². The Morgan fingerprint density at radius 1 is 1.13 bits per heavy atom. The van der Waals surface area contributed by atoms with Crippen molar-refractivity contribution in [3.8, 4) is 5.75 Å². The summed E-state index contributed by atoms with van der Waals surface area (Å²) in [5.41, 5.74) is 3.87. The van der Waals surface area contributed by atoms with Gasteiger partial charge in [-0.15, -0.1) is 0 Å². The van der Waals surface area contributed by atoms with E-state index in [-0.39, 0.29) is 11.2 Å². The Kier molecular flexibility index (Phi) is 5.59. The van der Waals surface area contributed by atoms with Gasteiger partial charge in [0.2, 0.25) is 0 Å². The molecule has 1 aliphatic carbocycles. The number of ketones is 1. The van der Waals surface area contributed by atoms with Crippen LogP contribution in [0.3, 0.4) is 0 Å². The number of hydrogen-bond acceptors (Lipinski definition) is 2. The second-order valence-corrected chi connectivity index (χ2v) is 6.77. The molecule has 0 bridgehead atoms. The molecule has 1 aromatic rings. The molecule has 0 atom stereocenters. The van der Waals surface area contributed by atoms with Crippen LogP contribution in [0.2, 0.25) is 0 Å². The van der Waals surface area contributed by atoms with Crippen molar-refractivity contribution in [2.75, 3.05) is 7.11 Å². The van der Waals surface area contributed by atoms with Crippen molar-refractivity contribution >= 4 is 11.9 Å². The number of hydrogen-bond donors (Lipinski definition) is 0. The third-order valence-electron chi connectivity index (χ3n) is 4.51. The Hall–Kier alpha value is -2.09. The first kappa shape index (κ1) is 17.3. The van der Waals surface area contributed by atoms with Crippen molar-refractivity contribution < 1.29 is 9.53 Å². The molecular formula is C21H26O2. The molecule has 2 heteroatoms. The lowest BCUT2D eigenvalue weighted by atomic mass is 9.72. The standard InChI is InChI=1S/C21H26O2/c1-16-6-5-15-21(2,3)20(16)14-11-18(22)10-7-17-8-12-19(23-4)13-9-17/h7-14H,5-6,15H2,1-4H3/b10-7+,14-11+. The van der Waals surface area contributed by atoms with Crippen LogP contribution in [0, 0.1) is 5.41 Å². The second-order valence-electron chi connectivity index (χ2n) is 6.77. The van der Waals surface area contributed by atoms with Crippen LogP contribution in [0.4, 0.5) is 0 Å². The molecule has 0 saturated heterocycles. The van der Waals surface area contributed by atoms with Gasteiger partial charge >= 0.3 is 0 Å². The summed E-state index contributed by atoms with van der Waals surface area (Å²) in [6.07, 6.45) is 10.7. The van der Waals surface area contributed by atoms with Crippen molar-refractivity contribution in [2.24, 2.45) is 5.41 Å². The van der Waals surface area contributed by atoms with Gasteiger partial charge in [-0.05, 0) is 67.0 Å². The normalized spacial score (nSPS) is 17.9. The highest BCUT2D eigenvalue weighted by atomic mass is 16.5. The van der Waals surface area contributed by atoms with Crippen LogP contribution in [0.1, 0.15) is 45.6 Å². The molecule has 0 heterocycles. The van der Waals surface area contributed by atoms with Crippen molar-refractivity contribution in [2.45, 2.75) is 40.0 Å². The van der Waals surface area contributed by atoms with Gasteiger partial charge in [0.15, 0.2) is 5.78 Å². The maximum atomic E-state index is 12.1. The van der Waals surface area contributed by atoms with E-state index < -0.39 is 0 Å². The molecule has 0 saturated carbocycles. The summed E-state index contributed by atoms with van der Waals surface area (Å²) in [5, 5.41) is 0. The van der Waals surface area contributed by atoms with E-state index in [1.807, 2.05) is 36.4 Å². The molecule has 23 heavy (non-hydrogen) atoms. The van der Waals surface area contributed by atoms with Crippen LogP contribution in [0.5, 0.6) is 5.75 Å². The summed E-state index contributed by atoms with van der Waals surface area (Å²) in [6, 6.07) is 7.64. The third kappa shape index (κ3) is 4.69. The van der Waals surface area contributed by atoms with Crippen molar-refractivity contribution in [1.29, 1.82) is 0 Å². The molecule has 0 aliphatic heterocycles. The highest BCUT2D eigenvalue weighted by molar-refractivity contribution is 6.02. The fraction of sp³-hybridized carbons (Fsp3) is 0.381. The maximum absolute atomic E-state index is 12.1.